The number of nitrogens with one attached hydrogen (secondary N) is 1. The van der Waals surface area contributed by atoms with E-state index in [1.165, 1.54) is 26.3 Å². The maximum absolute atomic E-state index is 11.0. The van der Waals surface area contributed by atoms with Crippen molar-refractivity contribution < 1.29 is 13.2 Å². The van der Waals surface area contributed by atoms with E-state index in [0.717, 1.165) is 0 Å². The Hall–Kier alpha value is -0.290. The zero-order chi connectivity index (χ0) is 9.61. The second kappa shape index (κ2) is 5.37. The van der Waals surface area contributed by atoms with Crippen LogP contribution in [0.1, 0.15) is 19.3 Å². The predicted molar refractivity (Wildman–Crippen MR) is 41.8 cm³/mol. The third kappa shape index (κ3) is 7.81. The van der Waals surface area contributed by atoms with Gasteiger partial charge in [0.05, 0.1) is 6.54 Å². The quantitative estimate of drug-likeness (QED) is 0.644. The molecule has 0 aromatic rings. The Morgan fingerprint density at radius 1 is 1.42 bits per heavy atom. The predicted octanol–water partition coefficient (Wildman–Crippen LogP) is 1.27. The van der Waals surface area contributed by atoms with E-state index in [0.29, 0.717) is 6.04 Å². The molecular formula is C7H15F3N2. The van der Waals surface area contributed by atoms with Gasteiger partial charge in [-0.1, -0.05) is 6.42 Å². The van der Waals surface area contributed by atoms with Gasteiger partial charge >= 0.3 is 6.18 Å². The first-order valence-electron chi connectivity index (χ1n) is 3.92. The Morgan fingerprint density at radius 3 is 1.83 bits per heavy atom. The van der Waals surface area contributed by atoms with E-state index < -0.39 is 12.7 Å². The zero-order valence-electron chi connectivity index (χ0n) is 7.12. The third-order valence-corrected chi connectivity index (χ3v) is 1.53. The maximum atomic E-state index is 11.0. The van der Waals surface area contributed by atoms with Gasteiger partial charge in [-0.05, 0) is 19.9 Å². The van der Waals surface area contributed by atoms with Crippen LogP contribution < -0.4 is 11.1 Å². The molecule has 2 nitrogen and oxygen atoms in total. The Balaban J connectivity index is 0.000000211. The molecule has 0 aromatic heterocycles. The van der Waals surface area contributed by atoms with Gasteiger partial charge < -0.3 is 11.1 Å². The first-order chi connectivity index (χ1) is 5.45. The normalized spacial score (nSPS) is 17.8. The standard InChI is InChI=1S/C4H9N.C3H6F3N/c5-4-2-1-3-4;1-7-2-3(4,5)6/h4H,1-3,5H2;7H,2H2,1H3. The molecular weight excluding hydrogens is 169 g/mol. The highest BCUT2D eigenvalue weighted by molar-refractivity contribution is 4.70. The van der Waals surface area contributed by atoms with Crippen molar-refractivity contribution in [3.8, 4) is 0 Å². The summed E-state index contributed by atoms with van der Waals surface area (Å²) < 4.78 is 33.0. The molecule has 0 atom stereocenters. The van der Waals surface area contributed by atoms with Gasteiger partial charge in [-0.25, -0.2) is 0 Å². The van der Waals surface area contributed by atoms with Gasteiger partial charge in [0, 0.05) is 6.04 Å². The lowest BCUT2D eigenvalue weighted by atomic mass is 9.95. The van der Waals surface area contributed by atoms with Crippen LogP contribution in [0, 0.1) is 0 Å². The van der Waals surface area contributed by atoms with Crippen molar-refractivity contribution in [3.05, 3.63) is 0 Å². The lowest BCUT2D eigenvalue weighted by Gasteiger charge is -2.18. The van der Waals surface area contributed by atoms with Gasteiger partial charge in [0.2, 0.25) is 0 Å². The van der Waals surface area contributed by atoms with Crippen LogP contribution in [0.3, 0.4) is 0 Å². The zero-order valence-corrected chi connectivity index (χ0v) is 7.12. The van der Waals surface area contributed by atoms with Crippen LogP contribution in [0.2, 0.25) is 0 Å². The number of alkyl halides is 3. The van der Waals surface area contributed by atoms with Crippen LogP contribution in [0.4, 0.5) is 13.2 Å². The average Bonchev–Trinajstić information content (AvgIpc) is 1.82. The average molecular weight is 184 g/mol. The number of hydrogen-bond acceptors (Lipinski definition) is 2. The number of halogens is 3. The lowest BCUT2D eigenvalue weighted by Crippen LogP contribution is -2.27. The molecule has 0 spiro atoms. The van der Waals surface area contributed by atoms with Crippen molar-refractivity contribution in [2.24, 2.45) is 5.73 Å². The Bertz CT molecular complexity index is 110. The highest BCUT2D eigenvalue weighted by Gasteiger charge is 2.24. The van der Waals surface area contributed by atoms with E-state index in [1.807, 2.05) is 5.32 Å². The van der Waals surface area contributed by atoms with Crippen molar-refractivity contribution in [3.63, 3.8) is 0 Å². The van der Waals surface area contributed by atoms with E-state index in [4.69, 9.17) is 5.73 Å². The molecule has 1 aliphatic rings. The second-order valence-corrected chi connectivity index (χ2v) is 2.84. The van der Waals surface area contributed by atoms with Crippen LogP contribution >= 0.6 is 0 Å². The van der Waals surface area contributed by atoms with E-state index in [9.17, 15) is 13.2 Å². The van der Waals surface area contributed by atoms with Crippen molar-refractivity contribution in [1.82, 2.24) is 5.32 Å². The highest BCUT2D eigenvalue weighted by Crippen LogP contribution is 2.14. The molecule has 0 heterocycles. The summed E-state index contributed by atoms with van der Waals surface area (Å²) in [5.74, 6) is 0. The smallest absolute Gasteiger partial charge is 0.328 e. The van der Waals surface area contributed by atoms with Gasteiger partial charge in [0.25, 0.3) is 0 Å². The van der Waals surface area contributed by atoms with Crippen LogP contribution in [0.5, 0.6) is 0 Å². The third-order valence-electron chi connectivity index (χ3n) is 1.53. The fourth-order valence-corrected chi connectivity index (χ4v) is 0.640. The van der Waals surface area contributed by atoms with Gasteiger partial charge in [-0.15, -0.1) is 0 Å². The number of nitrogens with two attached hydrogens (primary N) is 1. The van der Waals surface area contributed by atoms with Gasteiger partial charge in [0.1, 0.15) is 0 Å². The van der Waals surface area contributed by atoms with Crippen LogP contribution in [0.15, 0.2) is 0 Å². The van der Waals surface area contributed by atoms with E-state index in [2.05, 4.69) is 0 Å². The summed E-state index contributed by atoms with van der Waals surface area (Å²) in [5, 5.41) is 1.98. The molecule has 1 rings (SSSR count). The minimum Gasteiger partial charge on any atom is -0.328 e. The molecule has 0 saturated heterocycles. The summed E-state index contributed by atoms with van der Waals surface area (Å²) in [4.78, 5) is 0. The van der Waals surface area contributed by atoms with Crippen LogP contribution in [0.25, 0.3) is 0 Å². The SMILES string of the molecule is CNCC(F)(F)F.NC1CCC1. The monoisotopic (exact) mass is 184 g/mol. The van der Waals surface area contributed by atoms with E-state index >= 15 is 0 Å². The summed E-state index contributed by atoms with van der Waals surface area (Å²) in [6.07, 6.45) is -0.171. The largest absolute Gasteiger partial charge is 0.401 e. The first-order valence-corrected chi connectivity index (χ1v) is 3.92. The highest BCUT2D eigenvalue weighted by atomic mass is 19.4. The van der Waals surface area contributed by atoms with Gasteiger partial charge in [0.15, 0.2) is 0 Å². The summed E-state index contributed by atoms with van der Waals surface area (Å²) >= 11 is 0. The molecule has 0 unspecified atom stereocenters. The van der Waals surface area contributed by atoms with Crippen molar-refractivity contribution in [1.29, 1.82) is 0 Å². The Kier molecular flexibility index (Phi) is 5.24. The molecule has 1 fully saturated rings. The molecule has 0 aliphatic heterocycles. The molecule has 74 valence electrons. The van der Waals surface area contributed by atoms with Crippen molar-refractivity contribution in [2.45, 2.75) is 31.5 Å². The molecule has 3 N–H and O–H groups in total. The lowest BCUT2D eigenvalue weighted by molar-refractivity contribution is -0.123. The fourth-order valence-electron chi connectivity index (χ4n) is 0.640. The molecule has 0 radical (unpaired) electrons. The first kappa shape index (κ1) is 11.7. The molecule has 0 amide bonds. The summed E-state index contributed by atoms with van der Waals surface area (Å²) in [7, 11) is 1.26. The second-order valence-electron chi connectivity index (χ2n) is 2.84. The molecule has 1 aliphatic carbocycles. The minimum atomic E-state index is -4.06. The Labute approximate surface area is 70.3 Å². The Morgan fingerprint density at radius 2 is 1.83 bits per heavy atom. The van der Waals surface area contributed by atoms with Gasteiger partial charge in [-0.3, -0.25) is 0 Å². The molecule has 12 heavy (non-hydrogen) atoms. The molecule has 5 heteroatoms. The summed E-state index contributed by atoms with van der Waals surface area (Å²) in [6, 6.07) is 0.565. The van der Waals surface area contributed by atoms with Crippen molar-refractivity contribution in [2.75, 3.05) is 13.6 Å². The van der Waals surface area contributed by atoms with Crippen LogP contribution in [-0.4, -0.2) is 25.8 Å². The minimum absolute atomic E-state index is 0.565. The molecule has 1 saturated carbocycles. The number of hydrogen-bond donors (Lipinski definition) is 2. The van der Waals surface area contributed by atoms with E-state index in [1.54, 1.807) is 0 Å². The van der Waals surface area contributed by atoms with Gasteiger partial charge in [-0.2, -0.15) is 13.2 Å². The number of rotatable bonds is 1. The summed E-state index contributed by atoms with van der Waals surface area (Å²) in [5.41, 5.74) is 5.38. The maximum Gasteiger partial charge on any atom is 0.401 e. The van der Waals surface area contributed by atoms with Crippen LogP contribution in [-0.2, 0) is 0 Å². The fraction of sp³-hybridized carbons (Fsp3) is 1.00. The van der Waals surface area contributed by atoms with Crippen molar-refractivity contribution >= 4 is 0 Å². The summed E-state index contributed by atoms with van der Waals surface area (Å²) in [6.45, 7) is -0.910. The molecule has 0 bridgehead atoms. The van der Waals surface area contributed by atoms with E-state index in [-0.39, 0.29) is 0 Å². The molecule has 0 aromatic carbocycles. The topological polar surface area (TPSA) is 38.0 Å².